The Bertz CT molecular complexity index is 1080. The monoisotopic (exact) mass is 489 g/mol. The van der Waals surface area contributed by atoms with Crippen LogP contribution in [0, 0.1) is 17.8 Å². The van der Waals surface area contributed by atoms with E-state index in [0.29, 0.717) is 23.8 Å². The molecule has 1 aliphatic heterocycles. The third kappa shape index (κ3) is 5.22. The van der Waals surface area contributed by atoms with E-state index in [-0.39, 0.29) is 24.1 Å². The maximum atomic E-state index is 12.8. The Morgan fingerprint density at radius 2 is 1.83 bits per heavy atom. The number of alkyl halides is 3. The minimum Gasteiger partial charge on any atom is -0.347 e. The van der Waals surface area contributed by atoms with Gasteiger partial charge in [-0.3, -0.25) is 19.2 Å². The zero-order chi connectivity index (χ0) is 24.7. The fourth-order valence-electron chi connectivity index (χ4n) is 5.93. The molecule has 1 unspecified atom stereocenters. The maximum Gasteiger partial charge on any atom is 0.416 e. The molecule has 2 aliphatic carbocycles. The van der Waals surface area contributed by atoms with Gasteiger partial charge in [-0.15, -0.1) is 0 Å². The van der Waals surface area contributed by atoms with Crippen LogP contribution in [0.3, 0.4) is 0 Å². The number of nitrogens with zero attached hydrogens (tertiary/aromatic N) is 3. The Kier molecular flexibility index (Phi) is 6.33. The second kappa shape index (κ2) is 9.29. The molecule has 1 aromatic heterocycles. The number of benzene rings is 1. The smallest absolute Gasteiger partial charge is 0.347 e. The van der Waals surface area contributed by atoms with E-state index >= 15 is 0 Å². The molecule has 7 nitrogen and oxygen atoms in total. The first-order valence-corrected chi connectivity index (χ1v) is 12.2. The van der Waals surface area contributed by atoms with E-state index in [9.17, 15) is 22.8 Å². The number of carbonyl (C=O) groups is 2. The molecule has 0 spiro atoms. The minimum atomic E-state index is -4.48. The van der Waals surface area contributed by atoms with Gasteiger partial charge >= 0.3 is 6.18 Å². The highest BCUT2D eigenvalue weighted by atomic mass is 19.4. The van der Waals surface area contributed by atoms with Crippen molar-refractivity contribution in [1.82, 2.24) is 20.0 Å². The van der Waals surface area contributed by atoms with Gasteiger partial charge in [0.2, 0.25) is 11.8 Å². The number of likely N-dealkylation sites (tertiary alicyclic amines) is 1. The van der Waals surface area contributed by atoms with Gasteiger partial charge in [0.1, 0.15) is 0 Å². The number of nitrogens with one attached hydrogen (secondary N) is 2. The van der Waals surface area contributed by atoms with Crippen molar-refractivity contribution < 1.29 is 22.8 Å². The highest BCUT2D eigenvalue weighted by Gasteiger charge is 2.60. The molecule has 3 aliphatic rings. The number of amides is 2. The number of aryl methyl sites for hydroxylation is 1. The standard InChI is InChI=1S/C25H30F3N5O2/c1-32-12-16(10-30-32)15-5-7-19(8-6-15)33-13-20-21(14-33)23(20)24(35)29-11-22(34)31-18-4-2-3-17(9-18)25(26,27)28/h2-4,9-10,12,15,19-21,23H,5-8,11,13-14H2,1H3,(H,29,35)(H,31,34)/t15?,19?,20-,21+,23?. The van der Waals surface area contributed by atoms with Crippen molar-refractivity contribution in [1.29, 1.82) is 0 Å². The third-order valence-corrected chi connectivity index (χ3v) is 7.83. The molecule has 0 radical (unpaired) electrons. The first kappa shape index (κ1) is 23.8. The number of piperidine rings is 1. The van der Waals surface area contributed by atoms with Crippen molar-refractivity contribution in [2.45, 2.75) is 43.8 Å². The molecular formula is C25H30F3N5O2. The average molecular weight is 490 g/mol. The summed E-state index contributed by atoms with van der Waals surface area (Å²) in [6.45, 7) is 1.58. The molecule has 1 saturated heterocycles. The Morgan fingerprint density at radius 3 is 2.46 bits per heavy atom. The molecule has 188 valence electrons. The lowest BCUT2D eigenvalue weighted by Gasteiger charge is -2.35. The SMILES string of the molecule is Cn1cc(C2CCC(N3C[C@@H]4C(C(=O)NCC(=O)Nc5cccc(C(F)(F)F)c5)[C@@H]4C3)CC2)cn1. The molecule has 10 heteroatoms. The van der Waals surface area contributed by atoms with Crippen LogP contribution in [0.1, 0.15) is 42.7 Å². The number of aromatic nitrogens is 2. The summed E-state index contributed by atoms with van der Waals surface area (Å²) in [4.78, 5) is 27.2. The summed E-state index contributed by atoms with van der Waals surface area (Å²) in [5, 5.41) is 9.37. The van der Waals surface area contributed by atoms with Crippen LogP contribution < -0.4 is 10.6 Å². The van der Waals surface area contributed by atoms with Crippen molar-refractivity contribution in [2.75, 3.05) is 25.0 Å². The van der Waals surface area contributed by atoms with Gasteiger partial charge in [0, 0.05) is 44.0 Å². The Morgan fingerprint density at radius 1 is 1.11 bits per heavy atom. The molecule has 5 rings (SSSR count). The van der Waals surface area contributed by atoms with E-state index in [2.05, 4.69) is 26.8 Å². The summed E-state index contributed by atoms with van der Waals surface area (Å²) in [7, 11) is 1.95. The minimum absolute atomic E-state index is 0.0521. The van der Waals surface area contributed by atoms with Gasteiger partial charge in [-0.1, -0.05) is 6.07 Å². The molecule has 3 atom stereocenters. The fourth-order valence-corrected chi connectivity index (χ4v) is 5.93. The Hall–Kier alpha value is -2.88. The van der Waals surface area contributed by atoms with Crippen LogP contribution in [-0.4, -0.2) is 52.2 Å². The van der Waals surface area contributed by atoms with E-state index in [4.69, 9.17) is 0 Å². The first-order valence-electron chi connectivity index (χ1n) is 12.2. The van der Waals surface area contributed by atoms with Crippen molar-refractivity contribution in [3.8, 4) is 0 Å². The van der Waals surface area contributed by atoms with Crippen LogP contribution in [-0.2, 0) is 22.8 Å². The van der Waals surface area contributed by atoms with Gasteiger partial charge in [-0.25, -0.2) is 0 Å². The van der Waals surface area contributed by atoms with Crippen molar-refractivity contribution >= 4 is 17.5 Å². The molecule has 2 saturated carbocycles. The molecule has 2 aromatic rings. The van der Waals surface area contributed by atoms with Crippen LogP contribution in [0.2, 0.25) is 0 Å². The van der Waals surface area contributed by atoms with E-state index in [1.807, 2.05) is 17.9 Å². The summed E-state index contributed by atoms with van der Waals surface area (Å²) in [6, 6.07) is 5.01. The zero-order valence-electron chi connectivity index (χ0n) is 19.6. The zero-order valence-corrected chi connectivity index (χ0v) is 19.6. The molecule has 2 N–H and O–H groups in total. The third-order valence-electron chi connectivity index (χ3n) is 7.83. The van der Waals surface area contributed by atoms with Crippen molar-refractivity contribution in [3.05, 3.63) is 47.8 Å². The molecule has 3 fully saturated rings. The number of hydrogen-bond donors (Lipinski definition) is 2. The number of anilines is 1. The molecule has 2 heterocycles. The van der Waals surface area contributed by atoms with Crippen LogP contribution in [0.5, 0.6) is 0 Å². The van der Waals surface area contributed by atoms with Gasteiger partial charge in [0.25, 0.3) is 0 Å². The van der Waals surface area contributed by atoms with Crippen molar-refractivity contribution in [2.24, 2.45) is 24.8 Å². The summed E-state index contributed by atoms with van der Waals surface area (Å²) < 4.78 is 40.3. The summed E-state index contributed by atoms with van der Waals surface area (Å²) in [5.41, 5.74) is 0.542. The van der Waals surface area contributed by atoms with Crippen LogP contribution in [0.15, 0.2) is 36.7 Å². The van der Waals surface area contributed by atoms with Crippen LogP contribution in [0.4, 0.5) is 18.9 Å². The lowest BCUT2D eigenvalue weighted by molar-refractivity contribution is -0.137. The van der Waals surface area contributed by atoms with E-state index in [1.165, 1.54) is 17.7 Å². The van der Waals surface area contributed by atoms with E-state index in [0.717, 1.165) is 50.9 Å². The lowest BCUT2D eigenvalue weighted by Crippen LogP contribution is -2.40. The van der Waals surface area contributed by atoms with Gasteiger partial charge in [-0.05, 0) is 67.2 Å². The fraction of sp³-hybridized carbons (Fsp3) is 0.560. The van der Waals surface area contributed by atoms with Crippen LogP contribution in [0.25, 0.3) is 0 Å². The summed E-state index contributed by atoms with van der Waals surface area (Å²) >= 11 is 0. The van der Waals surface area contributed by atoms with Crippen molar-refractivity contribution in [3.63, 3.8) is 0 Å². The quantitative estimate of drug-likeness (QED) is 0.652. The second-order valence-electron chi connectivity index (χ2n) is 10.1. The Balaban J connectivity index is 1.03. The summed E-state index contributed by atoms with van der Waals surface area (Å²) in [5.74, 6) is 0.488. The first-order chi connectivity index (χ1) is 16.7. The molecule has 0 bridgehead atoms. The highest BCUT2D eigenvalue weighted by Crippen LogP contribution is 2.53. The second-order valence-corrected chi connectivity index (χ2v) is 10.1. The number of hydrogen-bond acceptors (Lipinski definition) is 4. The Labute approximate surface area is 202 Å². The average Bonchev–Trinajstić information content (AvgIpc) is 3.12. The predicted molar refractivity (Wildman–Crippen MR) is 123 cm³/mol. The topological polar surface area (TPSA) is 79.3 Å². The summed E-state index contributed by atoms with van der Waals surface area (Å²) in [6.07, 6.45) is 4.24. The normalized spacial score (nSPS) is 28.4. The molecule has 1 aromatic carbocycles. The number of rotatable bonds is 6. The van der Waals surface area contributed by atoms with Gasteiger partial charge < -0.3 is 10.6 Å². The molecule has 35 heavy (non-hydrogen) atoms. The van der Waals surface area contributed by atoms with E-state index < -0.39 is 17.6 Å². The predicted octanol–water partition coefficient (Wildman–Crippen LogP) is 3.40. The van der Waals surface area contributed by atoms with E-state index in [1.54, 1.807) is 0 Å². The number of fused-ring (bicyclic) bond motifs is 1. The lowest BCUT2D eigenvalue weighted by atomic mass is 9.82. The maximum absolute atomic E-state index is 12.8. The van der Waals surface area contributed by atoms with Gasteiger partial charge in [0.15, 0.2) is 0 Å². The van der Waals surface area contributed by atoms with Crippen LogP contribution >= 0.6 is 0 Å². The van der Waals surface area contributed by atoms with Gasteiger partial charge in [-0.2, -0.15) is 18.3 Å². The largest absolute Gasteiger partial charge is 0.416 e. The highest BCUT2D eigenvalue weighted by molar-refractivity contribution is 5.95. The molecule has 2 amide bonds. The number of halogens is 3. The number of carbonyl (C=O) groups excluding carboxylic acids is 2. The molecular weight excluding hydrogens is 459 g/mol. The van der Waals surface area contributed by atoms with Gasteiger partial charge in [0.05, 0.1) is 18.3 Å².